The molecule has 4 nitrogen and oxygen atoms in total. The zero-order chi connectivity index (χ0) is 28.0. The number of aromatic carboxylic acids is 1. The van der Waals surface area contributed by atoms with Crippen LogP contribution in [0.2, 0.25) is 0 Å². The highest BCUT2D eigenvalue weighted by Gasteiger charge is 2.15. The lowest BCUT2D eigenvalue weighted by molar-refractivity contribution is 0.0697. The van der Waals surface area contributed by atoms with Crippen molar-refractivity contribution in [3.05, 3.63) is 169 Å². The third-order valence-corrected chi connectivity index (χ3v) is 7.00. The van der Waals surface area contributed by atoms with Crippen molar-refractivity contribution in [1.82, 2.24) is 0 Å². The van der Waals surface area contributed by atoms with Crippen molar-refractivity contribution in [1.29, 1.82) is 0 Å². The maximum atomic E-state index is 11.4. The average molecular weight is 533 g/mol. The molecule has 0 unspecified atom stereocenters. The summed E-state index contributed by atoms with van der Waals surface area (Å²) in [6.45, 7) is 0. The quantitative estimate of drug-likeness (QED) is 0.212. The summed E-state index contributed by atoms with van der Waals surface area (Å²) in [6, 6.07) is 54.9. The van der Waals surface area contributed by atoms with Crippen LogP contribution in [0.15, 0.2) is 164 Å². The fourth-order valence-corrected chi connectivity index (χ4v) is 4.98. The van der Waals surface area contributed by atoms with Crippen LogP contribution >= 0.6 is 0 Å². The molecule has 0 aliphatic carbocycles. The Kier molecular flexibility index (Phi) is 7.28. The Morgan fingerprint density at radius 2 is 0.634 bits per heavy atom. The Morgan fingerprint density at radius 1 is 0.366 bits per heavy atom. The molecule has 0 aliphatic heterocycles. The van der Waals surface area contributed by atoms with E-state index < -0.39 is 5.97 Å². The van der Waals surface area contributed by atoms with Crippen LogP contribution in [0.4, 0.5) is 34.1 Å². The van der Waals surface area contributed by atoms with E-state index in [1.807, 2.05) is 54.6 Å². The summed E-state index contributed by atoms with van der Waals surface area (Å²) in [6.07, 6.45) is 0. The number of carboxylic acid groups (broad SMARTS) is 1. The minimum Gasteiger partial charge on any atom is -0.478 e. The van der Waals surface area contributed by atoms with Crippen molar-refractivity contribution in [3.63, 3.8) is 0 Å². The van der Waals surface area contributed by atoms with Crippen LogP contribution in [0.1, 0.15) is 10.4 Å². The van der Waals surface area contributed by atoms with Crippen LogP contribution in [-0.4, -0.2) is 11.1 Å². The van der Waals surface area contributed by atoms with E-state index in [0.717, 1.165) is 45.3 Å². The third-order valence-electron chi connectivity index (χ3n) is 7.00. The van der Waals surface area contributed by atoms with Gasteiger partial charge in [0, 0.05) is 34.1 Å². The zero-order valence-electron chi connectivity index (χ0n) is 22.3. The normalized spacial score (nSPS) is 10.6. The molecule has 0 saturated heterocycles. The molecule has 0 radical (unpaired) electrons. The highest BCUT2D eigenvalue weighted by Crippen LogP contribution is 2.37. The van der Waals surface area contributed by atoms with Gasteiger partial charge in [-0.1, -0.05) is 78.9 Å². The molecule has 4 heteroatoms. The predicted octanol–water partition coefficient (Wildman–Crippen LogP) is 9.99. The van der Waals surface area contributed by atoms with Crippen molar-refractivity contribution in [2.75, 3.05) is 9.80 Å². The van der Waals surface area contributed by atoms with E-state index in [1.165, 1.54) is 0 Å². The molecule has 41 heavy (non-hydrogen) atoms. The number of hydrogen-bond acceptors (Lipinski definition) is 3. The molecular formula is C37H28N2O2. The Morgan fingerprint density at radius 3 is 0.927 bits per heavy atom. The molecule has 6 aromatic carbocycles. The molecule has 0 spiro atoms. The number of carboxylic acids is 1. The number of para-hydroxylation sites is 3. The Hall–Kier alpha value is -5.61. The van der Waals surface area contributed by atoms with Crippen molar-refractivity contribution >= 4 is 40.1 Å². The van der Waals surface area contributed by atoms with Crippen molar-refractivity contribution in [3.8, 4) is 11.1 Å². The van der Waals surface area contributed by atoms with Crippen LogP contribution in [0.25, 0.3) is 11.1 Å². The summed E-state index contributed by atoms with van der Waals surface area (Å²) in [7, 11) is 0. The first kappa shape index (κ1) is 25.7. The first-order valence-electron chi connectivity index (χ1n) is 13.5. The summed E-state index contributed by atoms with van der Waals surface area (Å²) >= 11 is 0. The lowest BCUT2D eigenvalue weighted by Crippen LogP contribution is -2.10. The van der Waals surface area contributed by atoms with Gasteiger partial charge in [-0.25, -0.2) is 4.79 Å². The molecule has 0 saturated carbocycles. The van der Waals surface area contributed by atoms with Gasteiger partial charge in [0.15, 0.2) is 0 Å². The van der Waals surface area contributed by atoms with Crippen molar-refractivity contribution < 1.29 is 9.90 Å². The largest absolute Gasteiger partial charge is 0.478 e. The third kappa shape index (κ3) is 5.58. The van der Waals surface area contributed by atoms with E-state index >= 15 is 0 Å². The smallest absolute Gasteiger partial charge is 0.335 e. The minimum absolute atomic E-state index is 0.263. The fraction of sp³-hybridized carbons (Fsp3) is 0. The highest BCUT2D eigenvalue weighted by molar-refractivity contribution is 5.89. The van der Waals surface area contributed by atoms with E-state index in [2.05, 4.69) is 107 Å². The standard InChI is InChI=1S/C37H28N2O2/c40-37(41)30-20-26-36(27-21-30)39(33-14-8-3-9-15-33)35-24-18-29(19-25-35)28-16-22-34(23-17-28)38(31-10-4-1-5-11-31)32-12-6-2-7-13-32/h1-27H,(H,40,41). The lowest BCUT2D eigenvalue weighted by atomic mass is 10.0. The first-order valence-corrected chi connectivity index (χ1v) is 13.5. The van der Waals surface area contributed by atoms with Crippen LogP contribution < -0.4 is 9.80 Å². The molecule has 6 rings (SSSR count). The molecule has 0 amide bonds. The second-order valence-electron chi connectivity index (χ2n) is 9.62. The summed E-state index contributed by atoms with van der Waals surface area (Å²) in [5.41, 5.74) is 8.66. The molecule has 0 bridgehead atoms. The van der Waals surface area contributed by atoms with Crippen LogP contribution in [-0.2, 0) is 0 Å². The second-order valence-corrected chi connectivity index (χ2v) is 9.62. The molecule has 1 N–H and O–H groups in total. The minimum atomic E-state index is -0.936. The number of rotatable bonds is 8. The zero-order valence-corrected chi connectivity index (χ0v) is 22.3. The van der Waals surface area contributed by atoms with E-state index in [0.29, 0.717) is 0 Å². The van der Waals surface area contributed by atoms with Gasteiger partial charge in [0.25, 0.3) is 0 Å². The lowest BCUT2D eigenvalue weighted by Gasteiger charge is -2.26. The predicted molar refractivity (Wildman–Crippen MR) is 168 cm³/mol. The number of benzene rings is 6. The van der Waals surface area contributed by atoms with Crippen LogP contribution in [0.5, 0.6) is 0 Å². The molecule has 0 atom stereocenters. The summed E-state index contributed by atoms with van der Waals surface area (Å²) in [4.78, 5) is 15.8. The SMILES string of the molecule is O=C(O)c1ccc(N(c2ccccc2)c2ccc(-c3ccc(N(c4ccccc4)c4ccccc4)cc3)cc2)cc1. The van der Waals surface area contributed by atoms with Gasteiger partial charge < -0.3 is 14.9 Å². The first-order chi connectivity index (χ1) is 20.2. The fourth-order valence-electron chi connectivity index (χ4n) is 4.98. The second kappa shape index (κ2) is 11.6. The average Bonchev–Trinajstić information content (AvgIpc) is 3.04. The van der Waals surface area contributed by atoms with Crippen LogP contribution in [0, 0.1) is 0 Å². The van der Waals surface area contributed by atoms with E-state index in [-0.39, 0.29) is 5.56 Å². The maximum absolute atomic E-state index is 11.4. The molecule has 198 valence electrons. The molecule has 0 aliphatic rings. The topological polar surface area (TPSA) is 43.8 Å². The monoisotopic (exact) mass is 532 g/mol. The number of anilines is 6. The van der Waals surface area contributed by atoms with Gasteiger partial charge in [-0.15, -0.1) is 0 Å². The summed E-state index contributed by atoms with van der Waals surface area (Å²) in [5, 5.41) is 9.33. The van der Waals surface area contributed by atoms with Gasteiger partial charge in [-0.2, -0.15) is 0 Å². The van der Waals surface area contributed by atoms with Gasteiger partial charge >= 0.3 is 5.97 Å². The van der Waals surface area contributed by atoms with Crippen LogP contribution in [0.3, 0.4) is 0 Å². The van der Waals surface area contributed by atoms with E-state index in [1.54, 1.807) is 12.1 Å². The molecule has 0 aromatic heterocycles. The van der Waals surface area contributed by atoms with Crippen molar-refractivity contribution in [2.45, 2.75) is 0 Å². The van der Waals surface area contributed by atoms with Gasteiger partial charge in [-0.05, 0) is 96.1 Å². The number of hydrogen-bond donors (Lipinski definition) is 1. The van der Waals surface area contributed by atoms with Gasteiger partial charge in [0.1, 0.15) is 0 Å². The molecule has 0 fully saturated rings. The number of carbonyl (C=O) groups is 1. The maximum Gasteiger partial charge on any atom is 0.335 e. The van der Waals surface area contributed by atoms with Gasteiger partial charge in [-0.3, -0.25) is 0 Å². The summed E-state index contributed by atoms with van der Waals surface area (Å²) in [5.74, 6) is -0.936. The molecule has 0 heterocycles. The van der Waals surface area contributed by atoms with Gasteiger partial charge in [0.05, 0.1) is 5.56 Å². The molecule has 6 aromatic rings. The van der Waals surface area contributed by atoms with E-state index in [4.69, 9.17) is 0 Å². The van der Waals surface area contributed by atoms with Gasteiger partial charge in [0.2, 0.25) is 0 Å². The molecular weight excluding hydrogens is 504 g/mol. The Labute approximate surface area is 240 Å². The van der Waals surface area contributed by atoms with Crippen molar-refractivity contribution in [2.24, 2.45) is 0 Å². The Balaban J connectivity index is 1.31. The highest BCUT2D eigenvalue weighted by atomic mass is 16.4. The number of nitrogens with zero attached hydrogens (tertiary/aromatic N) is 2. The summed E-state index contributed by atoms with van der Waals surface area (Å²) < 4.78 is 0. The Bertz CT molecular complexity index is 1680. The van der Waals surface area contributed by atoms with E-state index in [9.17, 15) is 9.90 Å².